The van der Waals surface area contributed by atoms with Gasteiger partial charge in [-0.25, -0.2) is 4.98 Å². The van der Waals surface area contributed by atoms with Crippen LogP contribution in [0.15, 0.2) is 18.3 Å². The van der Waals surface area contributed by atoms with E-state index in [1.165, 1.54) is 12.8 Å². The molecule has 0 saturated carbocycles. The van der Waals surface area contributed by atoms with Gasteiger partial charge in [-0.15, -0.1) is 0 Å². The first-order chi connectivity index (χ1) is 12.2. The van der Waals surface area contributed by atoms with E-state index in [4.69, 9.17) is 4.74 Å². The Morgan fingerprint density at radius 2 is 1.84 bits per heavy atom. The first-order valence-corrected chi connectivity index (χ1v) is 9.54. The van der Waals surface area contributed by atoms with Gasteiger partial charge in [-0.2, -0.15) is 0 Å². The van der Waals surface area contributed by atoms with E-state index in [1.54, 1.807) is 6.20 Å². The zero-order valence-corrected chi connectivity index (χ0v) is 15.1. The summed E-state index contributed by atoms with van der Waals surface area (Å²) in [5, 5.41) is 0. The molecule has 3 saturated heterocycles. The van der Waals surface area contributed by atoms with Gasteiger partial charge in [0.25, 0.3) is 5.91 Å². The molecule has 0 bridgehead atoms. The van der Waals surface area contributed by atoms with Crippen LogP contribution in [0.4, 0.5) is 5.82 Å². The maximum atomic E-state index is 13.0. The smallest absolute Gasteiger partial charge is 0.255 e. The van der Waals surface area contributed by atoms with E-state index in [0.717, 1.165) is 58.1 Å². The molecule has 1 amide bonds. The Balaban J connectivity index is 1.46. The molecule has 0 radical (unpaired) electrons. The highest BCUT2D eigenvalue weighted by Crippen LogP contribution is 2.30. The number of pyridine rings is 1. The van der Waals surface area contributed by atoms with Gasteiger partial charge < -0.3 is 19.4 Å². The monoisotopic (exact) mass is 344 g/mol. The fraction of sp³-hybridized carbons (Fsp3) is 0.684. The summed E-state index contributed by atoms with van der Waals surface area (Å²) in [6, 6.07) is 4.80. The molecule has 0 spiro atoms. The minimum Gasteiger partial charge on any atom is -0.378 e. The van der Waals surface area contributed by atoms with Crippen molar-refractivity contribution in [2.75, 3.05) is 51.3 Å². The van der Waals surface area contributed by atoms with Crippen molar-refractivity contribution >= 4 is 11.7 Å². The number of nitrogens with zero attached hydrogens (tertiary/aromatic N) is 4. The first-order valence-electron chi connectivity index (χ1n) is 9.54. The van der Waals surface area contributed by atoms with Gasteiger partial charge in [0.05, 0.1) is 18.8 Å². The zero-order valence-electron chi connectivity index (χ0n) is 15.1. The van der Waals surface area contributed by atoms with Gasteiger partial charge in [0.15, 0.2) is 0 Å². The summed E-state index contributed by atoms with van der Waals surface area (Å²) in [4.78, 5) is 24.3. The van der Waals surface area contributed by atoms with Crippen LogP contribution >= 0.6 is 0 Å². The average molecular weight is 344 g/mol. The lowest BCUT2D eigenvalue weighted by atomic mass is 10.0. The van der Waals surface area contributed by atoms with Crippen molar-refractivity contribution < 1.29 is 9.53 Å². The molecule has 6 nitrogen and oxygen atoms in total. The third-order valence-electron chi connectivity index (χ3n) is 5.91. The molecule has 136 valence electrons. The molecule has 25 heavy (non-hydrogen) atoms. The number of ether oxygens (including phenoxy) is 1. The fourth-order valence-corrected chi connectivity index (χ4v) is 4.52. The van der Waals surface area contributed by atoms with Crippen LogP contribution in [0.1, 0.15) is 36.0 Å². The molecule has 0 aliphatic carbocycles. The van der Waals surface area contributed by atoms with Crippen LogP contribution in [-0.2, 0) is 4.74 Å². The summed E-state index contributed by atoms with van der Waals surface area (Å²) in [6.07, 6.45) is 6.44. The summed E-state index contributed by atoms with van der Waals surface area (Å²) < 4.78 is 5.39. The number of amides is 1. The van der Waals surface area contributed by atoms with E-state index in [-0.39, 0.29) is 5.91 Å². The SMILES string of the molecule is CN1CCC[C@H]1[C@H]1CCCN1C(=O)c1ccc(N2CCOCC2)nc1. The molecule has 3 aliphatic heterocycles. The third-order valence-corrected chi connectivity index (χ3v) is 5.91. The van der Waals surface area contributed by atoms with E-state index in [9.17, 15) is 4.79 Å². The predicted octanol–water partition coefficient (Wildman–Crippen LogP) is 1.62. The molecule has 3 fully saturated rings. The average Bonchev–Trinajstić information content (AvgIpc) is 3.30. The quantitative estimate of drug-likeness (QED) is 0.834. The second-order valence-electron chi connectivity index (χ2n) is 7.40. The lowest BCUT2D eigenvalue weighted by Gasteiger charge is -2.33. The predicted molar refractivity (Wildman–Crippen MR) is 97.0 cm³/mol. The number of carbonyl (C=O) groups excluding carboxylic acids is 1. The summed E-state index contributed by atoms with van der Waals surface area (Å²) in [6.45, 7) is 5.24. The second kappa shape index (κ2) is 7.30. The van der Waals surface area contributed by atoms with Crippen LogP contribution in [0.25, 0.3) is 0 Å². The number of anilines is 1. The number of likely N-dealkylation sites (tertiary alicyclic amines) is 2. The van der Waals surface area contributed by atoms with Crippen molar-refractivity contribution in [1.82, 2.24) is 14.8 Å². The highest BCUT2D eigenvalue weighted by molar-refractivity contribution is 5.94. The Morgan fingerprint density at radius 3 is 2.52 bits per heavy atom. The Labute approximate surface area is 149 Å². The molecule has 0 N–H and O–H groups in total. The molecular weight excluding hydrogens is 316 g/mol. The zero-order chi connectivity index (χ0) is 17.2. The maximum absolute atomic E-state index is 13.0. The number of likely N-dealkylation sites (N-methyl/N-ethyl adjacent to an activating group) is 1. The normalized spacial score (nSPS) is 27.9. The molecular formula is C19H28N4O2. The van der Waals surface area contributed by atoms with Crippen molar-refractivity contribution in [3.8, 4) is 0 Å². The summed E-state index contributed by atoms with van der Waals surface area (Å²) >= 11 is 0. The molecule has 1 aromatic rings. The third kappa shape index (κ3) is 3.37. The Hall–Kier alpha value is -1.66. The minimum atomic E-state index is 0.142. The number of hydrogen-bond acceptors (Lipinski definition) is 5. The summed E-state index contributed by atoms with van der Waals surface area (Å²) in [7, 11) is 2.19. The van der Waals surface area contributed by atoms with Gasteiger partial charge in [0.1, 0.15) is 5.82 Å². The Bertz CT molecular complexity index is 600. The standard InChI is InChI=1S/C19H28N4O2/c1-21-8-2-4-16(21)17-5-3-9-23(17)19(24)15-6-7-18(20-14-15)22-10-12-25-13-11-22/h6-7,14,16-17H,2-5,8-13H2,1H3/t16-,17+/m0/s1. The van der Waals surface area contributed by atoms with E-state index in [2.05, 4.69) is 26.7 Å². The van der Waals surface area contributed by atoms with Crippen molar-refractivity contribution in [3.63, 3.8) is 0 Å². The first kappa shape index (κ1) is 16.8. The number of carbonyl (C=O) groups is 1. The molecule has 0 unspecified atom stereocenters. The number of rotatable bonds is 3. The molecule has 2 atom stereocenters. The van der Waals surface area contributed by atoms with Gasteiger partial charge in [-0.1, -0.05) is 0 Å². The van der Waals surface area contributed by atoms with Crippen LogP contribution in [-0.4, -0.2) is 79.2 Å². The largest absolute Gasteiger partial charge is 0.378 e. The van der Waals surface area contributed by atoms with Crippen LogP contribution in [0.5, 0.6) is 0 Å². The van der Waals surface area contributed by atoms with E-state index in [1.807, 2.05) is 12.1 Å². The summed E-state index contributed by atoms with van der Waals surface area (Å²) in [5.41, 5.74) is 0.713. The van der Waals surface area contributed by atoms with Gasteiger partial charge in [0.2, 0.25) is 0 Å². The van der Waals surface area contributed by atoms with Crippen LogP contribution in [0, 0.1) is 0 Å². The Morgan fingerprint density at radius 1 is 1.08 bits per heavy atom. The molecule has 4 heterocycles. The summed E-state index contributed by atoms with van der Waals surface area (Å²) in [5.74, 6) is 1.08. The van der Waals surface area contributed by atoms with Gasteiger partial charge >= 0.3 is 0 Å². The van der Waals surface area contributed by atoms with Crippen molar-refractivity contribution in [1.29, 1.82) is 0 Å². The topological polar surface area (TPSA) is 48.9 Å². The molecule has 4 rings (SSSR count). The fourth-order valence-electron chi connectivity index (χ4n) is 4.52. The van der Waals surface area contributed by atoms with Crippen LogP contribution < -0.4 is 4.90 Å². The van der Waals surface area contributed by atoms with Crippen LogP contribution in [0.2, 0.25) is 0 Å². The Kier molecular flexibility index (Phi) is 4.90. The molecule has 3 aliphatic rings. The van der Waals surface area contributed by atoms with Gasteiger partial charge in [0, 0.05) is 37.9 Å². The highest BCUT2D eigenvalue weighted by atomic mass is 16.5. The maximum Gasteiger partial charge on any atom is 0.255 e. The second-order valence-corrected chi connectivity index (χ2v) is 7.40. The van der Waals surface area contributed by atoms with Crippen molar-refractivity contribution in [2.45, 2.75) is 37.8 Å². The van der Waals surface area contributed by atoms with Crippen LogP contribution in [0.3, 0.4) is 0 Å². The lowest BCUT2D eigenvalue weighted by molar-refractivity contribution is 0.0664. The van der Waals surface area contributed by atoms with Gasteiger partial charge in [-0.3, -0.25) is 4.79 Å². The van der Waals surface area contributed by atoms with Crippen molar-refractivity contribution in [3.05, 3.63) is 23.9 Å². The van der Waals surface area contributed by atoms with E-state index >= 15 is 0 Å². The number of hydrogen-bond donors (Lipinski definition) is 0. The van der Waals surface area contributed by atoms with Crippen molar-refractivity contribution in [2.24, 2.45) is 0 Å². The highest BCUT2D eigenvalue weighted by Gasteiger charge is 2.38. The molecule has 1 aromatic heterocycles. The van der Waals surface area contributed by atoms with Gasteiger partial charge in [-0.05, 0) is 51.4 Å². The number of aromatic nitrogens is 1. The number of morpholine rings is 1. The molecule has 0 aromatic carbocycles. The lowest BCUT2D eigenvalue weighted by Crippen LogP contribution is -2.47. The van der Waals surface area contributed by atoms with E-state index in [0.29, 0.717) is 17.6 Å². The van der Waals surface area contributed by atoms with E-state index < -0.39 is 0 Å². The minimum absolute atomic E-state index is 0.142. The molecule has 6 heteroatoms.